The molecule has 1 aromatic carbocycles. The third kappa shape index (κ3) is 2.65. The highest BCUT2D eigenvalue weighted by molar-refractivity contribution is 7.92. The van der Waals surface area contributed by atoms with Gasteiger partial charge in [-0.3, -0.25) is 0 Å². The van der Waals surface area contributed by atoms with Gasteiger partial charge < -0.3 is 4.98 Å². The molecule has 2 rings (SSSR count). The van der Waals surface area contributed by atoms with Crippen LogP contribution >= 0.6 is 23.2 Å². The molecule has 1 N–H and O–H groups in total. The number of alkyl halides is 3. The first-order chi connectivity index (χ1) is 9.13. The van der Waals surface area contributed by atoms with Crippen LogP contribution in [0.2, 0.25) is 10.2 Å². The summed E-state index contributed by atoms with van der Waals surface area (Å²) in [5.74, 6) is 0. The van der Waals surface area contributed by atoms with Gasteiger partial charge in [0.15, 0.2) is 0 Å². The lowest BCUT2D eigenvalue weighted by Crippen LogP contribution is -2.23. The first-order valence-corrected chi connectivity index (χ1v) is 7.32. The molecule has 3 nitrogen and oxygen atoms in total. The molecule has 0 aliphatic carbocycles. The number of aromatic amines is 1. The Balaban J connectivity index is 2.66. The van der Waals surface area contributed by atoms with Crippen molar-refractivity contribution in [3.05, 3.63) is 40.5 Å². The maximum atomic E-state index is 12.6. The Labute approximate surface area is 122 Å². The Morgan fingerprint density at radius 1 is 1.05 bits per heavy atom. The molecule has 2 aromatic rings. The summed E-state index contributed by atoms with van der Waals surface area (Å²) in [6, 6.07) is 6.36. The van der Waals surface area contributed by atoms with Crippen LogP contribution in [0.3, 0.4) is 0 Å². The number of sulfone groups is 1. The first-order valence-electron chi connectivity index (χ1n) is 5.09. The molecule has 0 radical (unpaired) electrons. The SMILES string of the molecule is O=S(=O)(c1cc(Cl)[nH]c1-c1ccc(Cl)cc1)C(F)(F)F. The second kappa shape index (κ2) is 4.98. The van der Waals surface area contributed by atoms with Crippen LogP contribution in [0.4, 0.5) is 13.2 Å². The quantitative estimate of drug-likeness (QED) is 0.884. The molecule has 0 saturated carbocycles. The highest BCUT2D eigenvalue weighted by atomic mass is 35.5. The third-order valence-corrected chi connectivity index (χ3v) is 4.44. The number of nitrogens with one attached hydrogen (secondary N) is 1. The van der Waals surface area contributed by atoms with Gasteiger partial charge in [-0.15, -0.1) is 0 Å². The van der Waals surface area contributed by atoms with Gasteiger partial charge in [0.25, 0.3) is 9.84 Å². The van der Waals surface area contributed by atoms with Gasteiger partial charge in [0.2, 0.25) is 0 Å². The van der Waals surface area contributed by atoms with E-state index in [0.717, 1.165) is 6.07 Å². The summed E-state index contributed by atoms with van der Waals surface area (Å²) in [6.07, 6.45) is 0. The lowest BCUT2D eigenvalue weighted by molar-refractivity contribution is -0.0435. The molecule has 0 aliphatic rings. The lowest BCUT2D eigenvalue weighted by atomic mass is 10.2. The molecule has 0 saturated heterocycles. The van der Waals surface area contributed by atoms with E-state index in [1.54, 1.807) is 0 Å². The smallest absolute Gasteiger partial charge is 0.345 e. The van der Waals surface area contributed by atoms with E-state index < -0.39 is 20.2 Å². The Hall–Kier alpha value is -1.18. The molecular formula is C11H6Cl2F3NO2S. The summed E-state index contributed by atoms with van der Waals surface area (Å²) in [4.78, 5) is 1.48. The zero-order valence-electron chi connectivity index (χ0n) is 9.50. The van der Waals surface area contributed by atoms with Gasteiger partial charge in [0.1, 0.15) is 10.0 Å². The fourth-order valence-corrected chi connectivity index (χ4v) is 2.93. The number of aromatic nitrogens is 1. The van der Waals surface area contributed by atoms with Crippen LogP contribution in [0.1, 0.15) is 0 Å². The number of hydrogen-bond acceptors (Lipinski definition) is 2. The molecule has 1 heterocycles. The van der Waals surface area contributed by atoms with E-state index in [1.807, 2.05) is 0 Å². The van der Waals surface area contributed by atoms with Crippen LogP contribution in [0.25, 0.3) is 11.3 Å². The molecule has 108 valence electrons. The maximum Gasteiger partial charge on any atom is 0.501 e. The summed E-state index contributed by atoms with van der Waals surface area (Å²) in [6.45, 7) is 0. The van der Waals surface area contributed by atoms with Gasteiger partial charge in [0.05, 0.1) is 5.69 Å². The number of H-pyrrole nitrogens is 1. The highest BCUT2D eigenvalue weighted by Crippen LogP contribution is 2.37. The Morgan fingerprint density at radius 2 is 1.60 bits per heavy atom. The molecule has 0 atom stereocenters. The van der Waals surface area contributed by atoms with Gasteiger partial charge in [-0.2, -0.15) is 13.2 Å². The van der Waals surface area contributed by atoms with E-state index in [0.29, 0.717) is 5.02 Å². The molecule has 20 heavy (non-hydrogen) atoms. The van der Waals surface area contributed by atoms with E-state index in [2.05, 4.69) is 4.98 Å². The molecule has 9 heteroatoms. The maximum absolute atomic E-state index is 12.6. The van der Waals surface area contributed by atoms with Crippen LogP contribution in [0.15, 0.2) is 35.2 Å². The minimum Gasteiger partial charge on any atom is -0.345 e. The molecule has 1 aromatic heterocycles. The summed E-state index contributed by atoms with van der Waals surface area (Å²) >= 11 is 11.3. The van der Waals surface area contributed by atoms with E-state index in [9.17, 15) is 21.6 Å². The van der Waals surface area contributed by atoms with Crippen LogP contribution in [0.5, 0.6) is 0 Å². The third-order valence-electron chi connectivity index (χ3n) is 2.48. The van der Waals surface area contributed by atoms with Crippen molar-refractivity contribution in [1.29, 1.82) is 0 Å². The predicted octanol–water partition coefficient (Wildman–Crippen LogP) is 4.28. The number of benzene rings is 1. The minimum absolute atomic E-state index is 0.210. The standard InChI is InChI=1S/C11H6Cl2F3NO2S/c12-7-3-1-6(2-4-7)10-8(5-9(13)17-10)20(18,19)11(14,15)16/h1-5,17H. The molecule has 0 bridgehead atoms. The number of hydrogen-bond donors (Lipinski definition) is 1. The van der Waals surface area contributed by atoms with Gasteiger partial charge in [-0.05, 0) is 23.8 Å². The molecule has 0 unspecified atom stereocenters. The van der Waals surface area contributed by atoms with Crippen LogP contribution in [-0.4, -0.2) is 18.9 Å². The predicted molar refractivity (Wildman–Crippen MR) is 69.5 cm³/mol. The van der Waals surface area contributed by atoms with Crippen LogP contribution in [0, 0.1) is 0 Å². The van der Waals surface area contributed by atoms with E-state index >= 15 is 0 Å². The van der Waals surface area contributed by atoms with Crippen LogP contribution in [-0.2, 0) is 9.84 Å². The molecular weight excluding hydrogens is 338 g/mol. The summed E-state index contributed by atoms with van der Waals surface area (Å²) in [7, 11) is -5.49. The van der Waals surface area contributed by atoms with Crippen molar-refractivity contribution in [2.24, 2.45) is 0 Å². The monoisotopic (exact) mass is 343 g/mol. The van der Waals surface area contributed by atoms with Crippen molar-refractivity contribution < 1.29 is 21.6 Å². The number of halogens is 5. The average Bonchev–Trinajstić information content (AvgIpc) is 2.71. The van der Waals surface area contributed by atoms with Crippen molar-refractivity contribution in [2.75, 3.05) is 0 Å². The highest BCUT2D eigenvalue weighted by Gasteiger charge is 2.48. The van der Waals surface area contributed by atoms with Crippen molar-refractivity contribution in [2.45, 2.75) is 10.4 Å². The second-order valence-corrected chi connectivity index (χ2v) is 6.57. The fourth-order valence-electron chi connectivity index (χ4n) is 1.57. The zero-order valence-corrected chi connectivity index (χ0v) is 11.8. The largest absolute Gasteiger partial charge is 0.501 e. The molecule has 0 fully saturated rings. The number of rotatable bonds is 2. The fraction of sp³-hybridized carbons (Fsp3) is 0.0909. The summed E-state index contributed by atoms with van der Waals surface area (Å²) in [5, 5.41) is 0.157. The Morgan fingerprint density at radius 3 is 2.10 bits per heavy atom. The van der Waals surface area contributed by atoms with Gasteiger partial charge in [-0.25, -0.2) is 8.42 Å². The second-order valence-electron chi connectivity index (χ2n) is 3.81. The summed E-state index contributed by atoms with van der Waals surface area (Å²) in [5.41, 5.74) is -5.41. The molecule has 0 spiro atoms. The van der Waals surface area contributed by atoms with E-state index in [-0.39, 0.29) is 16.4 Å². The van der Waals surface area contributed by atoms with Crippen molar-refractivity contribution in [3.63, 3.8) is 0 Å². The van der Waals surface area contributed by atoms with Gasteiger partial charge in [-0.1, -0.05) is 35.3 Å². The van der Waals surface area contributed by atoms with Gasteiger partial charge in [0, 0.05) is 5.02 Å². The van der Waals surface area contributed by atoms with E-state index in [4.69, 9.17) is 23.2 Å². The molecule has 0 amide bonds. The molecule has 0 aliphatic heterocycles. The first kappa shape index (κ1) is 15.2. The van der Waals surface area contributed by atoms with Crippen molar-refractivity contribution >= 4 is 33.0 Å². The van der Waals surface area contributed by atoms with Crippen LogP contribution < -0.4 is 0 Å². The van der Waals surface area contributed by atoms with Crippen molar-refractivity contribution in [3.8, 4) is 11.3 Å². The normalized spacial score (nSPS) is 12.7. The Kier molecular flexibility index (Phi) is 3.79. The zero-order chi connectivity index (χ0) is 15.1. The topological polar surface area (TPSA) is 49.9 Å². The lowest BCUT2D eigenvalue weighted by Gasteiger charge is -2.09. The summed E-state index contributed by atoms with van der Waals surface area (Å²) < 4.78 is 60.9. The Bertz CT molecular complexity index is 736. The minimum atomic E-state index is -5.49. The van der Waals surface area contributed by atoms with E-state index in [1.165, 1.54) is 24.3 Å². The average molecular weight is 344 g/mol. The van der Waals surface area contributed by atoms with Crippen molar-refractivity contribution in [1.82, 2.24) is 4.98 Å². The van der Waals surface area contributed by atoms with Gasteiger partial charge >= 0.3 is 5.51 Å².